The van der Waals surface area contributed by atoms with E-state index in [4.69, 9.17) is 9.62 Å². The molecular formula is C24H26N4O5. The predicted molar refractivity (Wildman–Crippen MR) is 120 cm³/mol. The van der Waals surface area contributed by atoms with Gasteiger partial charge < -0.3 is 20.2 Å². The highest BCUT2D eigenvalue weighted by Gasteiger charge is 2.25. The van der Waals surface area contributed by atoms with E-state index in [1.807, 2.05) is 12.1 Å². The molecule has 1 saturated heterocycles. The molecule has 0 radical (unpaired) electrons. The molecule has 172 valence electrons. The molecule has 0 bridgehead atoms. The van der Waals surface area contributed by atoms with Crippen molar-refractivity contribution in [2.45, 2.75) is 25.6 Å². The summed E-state index contributed by atoms with van der Waals surface area (Å²) in [5, 5.41) is 24.0. The number of aliphatic hydroxyl groups excluding tert-OH is 1. The van der Waals surface area contributed by atoms with Gasteiger partial charge in [0.1, 0.15) is 11.8 Å². The van der Waals surface area contributed by atoms with Crippen LogP contribution >= 0.6 is 0 Å². The van der Waals surface area contributed by atoms with Crippen LogP contribution in [0, 0.1) is 23.7 Å². The van der Waals surface area contributed by atoms with Gasteiger partial charge in [-0.3, -0.25) is 19.7 Å². The zero-order valence-corrected chi connectivity index (χ0v) is 18.2. The molecule has 1 fully saturated rings. The van der Waals surface area contributed by atoms with Crippen molar-refractivity contribution >= 4 is 11.8 Å². The predicted octanol–water partition coefficient (Wildman–Crippen LogP) is 0.0726. The van der Waals surface area contributed by atoms with Crippen LogP contribution in [0.3, 0.4) is 0 Å². The first-order valence-electron chi connectivity index (χ1n) is 10.5. The van der Waals surface area contributed by atoms with Gasteiger partial charge in [0.05, 0.1) is 12.6 Å². The summed E-state index contributed by atoms with van der Waals surface area (Å²) in [6.07, 6.45) is -1.18. The van der Waals surface area contributed by atoms with Crippen LogP contribution in [0.4, 0.5) is 0 Å². The number of hydrogen-bond donors (Lipinski definition) is 5. The molecule has 1 aromatic carbocycles. The van der Waals surface area contributed by atoms with Gasteiger partial charge in [-0.2, -0.15) is 0 Å². The van der Waals surface area contributed by atoms with Gasteiger partial charge in [0, 0.05) is 37.3 Å². The molecule has 1 aromatic heterocycles. The molecule has 0 spiro atoms. The van der Waals surface area contributed by atoms with Crippen LogP contribution in [0.2, 0.25) is 0 Å². The lowest BCUT2D eigenvalue weighted by atomic mass is 10.1. The maximum Gasteiger partial charge on any atom is 0.268 e. The topological polar surface area (TPSA) is 127 Å². The van der Waals surface area contributed by atoms with Crippen LogP contribution in [0.25, 0.3) is 0 Å². The van der Waals surface area contributed by atoms with Crippen molar-refractivity contribution in [1.29, 1.82) is 0 Å². The lowest BCUT2D eigenvalue weighted by Gasteiger charge is -2.26. The fraction of sp³-hybridized carbons (Fsp3) is 0.333. The van der Waals surface area contributed by atoms with Crippen molar-refractivity contribution in [3.63, 3.8) is 0 Å². The summed E-state index contributed by atoms with van der Waals surface area (Å²) < 4.78 is 5.74. The molecule has 9 nitrogen and oxygen atoms in total. The Balaban J connectivity index is 1.55. The highest BCUT2D eigenvalue weighted by atomic mass is 16.5. The van der Waals surface area contributed by atoms with E-state index in [0.29, 0.717) is 11.3 Å². The summed E-state index contributed by atoms with van der Waals surface area (Å²) in [7, 11) is 0. The Morgan fingerprint density at radius 2 is 1.82 bits per heavy atom. The van der Waals surface area contributed by atoms with E-state index in [9.17, 15) is 14.7 Å². The van der Waals surface area contributed by atoms with Crippen molar-refractivity contribution in [2.75, 3.05) is 26.2 Å². The van der Waals surface area contributed by atoms with E-state index in [1.54, 1.807) is 12.1 Å². The number of rotatable bonds is 6. The van der Waals surface area contributed by atoms with Gasteiger partial charge >= 0.3 is 0 Å². The number of amides is 2. The van der Waals surface area contributed by atoms with E-state index in [-0.39, 0.29) is 5.56 Å². The largest absolute Gasteiger partial charge is 0.451 e. The van der Waals surface area contributed by atoms with Gasteiger partial charge in [-0.05, 0) is 61.1 Å². The Labute approximate surface area is 192 Å². The molecule has 2 amide bonds. The van der Waals surface area contributed by atoms with Gasteiger partial charge in [0.2, 0.25) is 0 Å². The van der Waals surface area contributed by atoms with Crippen molar-refractivity contribution in [3.8, 4) is 23.7 Å². The summed E-state index contributed by atoms with van der Waals surface area (Å²) >= 11 is 0. The number of piperazine rings is 1. The van der Waals surface area contributed by atoms with Gasteiger partial charge in [-0.15, -0.1) is 0 Å². The van der Waals surface area contributed by atoms with Gasteiger partial charge in [0.25, 0.3) is 11.8 Å². The normalized spacial score (nSPS) is 15.2. The van der Waals surface area contributed by atoms with E-state index < -0.39 is 24.0 Å². The molecule has 2 unspecified atom stereocenters. The third kappa shape index (κ3) is 7.21. The minimum absolute atomic E-state index is 0.274. The lowest BCUT2D eigenvalue weighted by Crippen LogP contribution is -2.51. The molecule has 33 heavy (non-hydrogen) atoms. The van der Waals surface area contributed by atoms with Crippen LogP contribution in [-0.4, -0.2) is 65.4 Å². The quantitative estimate of drug-likeness (QED) is 0.240. The van der Waals surface area contributed by atoms with Crippen LogP contribution in [0.5, 0.6) is 0 Å². The molecule has 1 aliphatic heterocycles. The van der Waals surface area contributed by atoms with E-state index >= 15 is 0 Å². The molecule has 5 N–H and O–H groups in total. The minimum atomic E-state index is -1.28. The highest BCUT2D eigenvalue weighted by Crippen LogP contribution is 2.10. The van der Waals surface area contributed by atoms with E-state index in [2.05, 4.69) is 39.2 Å². The second-order valence-electron chi connectivity index (χ2n) is 7.54. The molecule has 2 atom stereocenters. The fourth-order valence-corrected chi connectivity index (χ4v) is 3.22. The van der Waals surface area contributed by atoms with Crippen LogP contribution in [0.1, 0.15) is 34.4 Å². The summed E-state index contributed by atoms with van der Waals surface area (Å²) in [6.45, 7) is 6.04. The number of carbonyl (C=O) groups excluding carboxylic acids is 2. The lowest BCUT2D eigenvalue weighted by molar-refractivity contribution is -0.133. The van der Waals surface area contributed by atoms with Crippen molar-refractivity contribution in [1.82, 2.24) is 21.0 Å². The molecule has 0 saturated carbocycles. The highest BCUT2D eigenvalue weighted by molar-refractivity contribution is 5.97. The number of nitrogens with one attached hydrogen (secondary N) is 3. The van der Waals surface area contributed by atoms with Crippen LogP contribution in [0.15, 0.2) is 40.8 Å². The molecule has 0 aliphatic carbocycles. The Kier molecular flexibility index (Phi) is 8.64. The number of benzene rings is 1. The number of furan rings is 1. The van der Waals surface area contributed by atoms with Crippen LogP contribution in [-0.2, 0) is 11.3 Å². The second-order valence-corrected chi connectivity index (χ2v) is 7.54. The number of hydroxylamine groups is 1. The summed E-state index contributed by atoms with van der Waals surface area (Å²) in [6, 6.07) is 8.84. The van der Waals surface area contributed by atoms with Crippen molar-refractivity contribution in [2.24, 2.45) is 0 Å². The Morgan fingerprint density at radius 3 is 2.48 bits per heavy atom. The SMILES string of the molecule is CC(O)C(NC(=O)c1ccc(C#CC#Cc2ccc(CN3CCNCC3)o2)cc1)C(=O)NO. The fourth-order valence-electron chi connectivity index (χ4n) is 3.22. The third-order valence-electron chi connectivity index (χ3n) is 5.01. The number of hydrogen-bond acceptors (Lipinski definition) is 7. The molecule has 1 aliphatic rings. The average molecular weight is 450 g/mol. The smallest absolute Gasteiger partial charge is 0.268 e. The van der Waals surface area contributed by atoms with Crippen molar-refractivity contribution < 1.29 is 24.3 Å². The summed E-state index contributed by atoms with van der Waals surface area (Å²) in [5.41, 5.74) is 2.34. The van der Waals surface area contributed by atoms with E-state index in [1.165, 1.54) is 24.5 Å². The first-order valence-corrected chi connectivity index (χ1v) is 10.5. The monoisotopic (exact) mass is 450 g/mol. The average Bonchev–Trinajstić information content (AvgIpc) is 3.27. The molecule has 3 rings (SSSR count). The first-order chi connectivity index (χ1) is 16.0. The van der Waals surface area contributed by atoms with Crippen LogP contribution < -0.4 is 16.1 Å². The summed E-state index contributed by atoms with van der Waals surface area (Å²) in [5.74, 6) is 11.2. The second kappa shape index (κ2) is 11.9. The van der Waals surface area contributed by atoms with Gasteiger partial charge in [-0.1, -0.05) is 5.92 Å². The van der Waals surface area contributed by atoms with Crippen molar-refractivity contribution in [3.05, 3.63) is 59.0 Å². The van der Waals surface area contributed by atoms with E-state index in [0.717, 1.165) is 38.5 Å². The first kappa shape index (κ1) is 24.1. The van der Waals surface area contributed by atoms with Gasteiger partial charge in [-0.25, -0.2) is 5.48 Å². The van der Waals surface area contributed by atoms with Gasteiger partial charge in [0.15, 0.2) is 5.76 Å². The number of aliphatic hydroxyl groups is 1. The Hall–Kier alpha value is -3.60. The third-order valence-corrected chi connectivity index (χ3v) is 5.01. The number of carbonyl (C=O) groups is 2. The maximum atomic E-state index is 12.3. The zero-order valence-electron chi connectivity index (χ0n) is 18.2. The molecular weight excluding hydrogens is 424 g/mol. The standard InChI is InChI=1S/C24H26N4O5/c1-17(29)22(24(31)27-32)26-23(30)19-8-6-18(7-9-19)4-2-3-5-20-10-11-21(33-20)16-28-14-12-25-13-15-28/h6-11,17,22,25,29,32H,12-16H2,1H3,(H,26,30)(H,27,31). The number of nitrogens with zero attached hydrogens (tertiary/aromatic N) is 1. The maximum absolute atomic E-state index is 12.3. The molecule has 2 aromatic rings. The molecule has 2 heterocycles. The molecule has 9 heteroatoms. The minimum Gasteiger partial charge on any atom is -0.451 e. The Morgan fingerprint density at radius 1 is 1.12 bits per heavy atom. The summed E-state index contributed by atoms with van der Waals surface area (Å²) in [4.78, 5) is 26.1. The zero-order chi connectivity index (χ0) is 23.6. The Bertz CT molecular complexity index is 1080.